The fraction of sp³-hybridized carbons (Fsp3) is 0.167. The van der Waals surface area contributed by atoms with Crippen LogP contribution in [0.15, 0.2) is 30.3 Å². The van der Waals surface area contributed by atoms with Gasteiger partial charge >= 0.3 is 0 Å². The predicted octanol–water partition coefficient (Wildman–Crippen LogP) is 4.39. The first-order valence-electron chi connectivity index (χ1n) is 4.61. The van der Waals surface area contributed by atoms with Gasteiger partial charge in [-0.15, -0.1) is 11.3 Å². The van der Waals surface area contributed by atoms with Gasteiger partial charge in [-0.25, -0.2) is 0 Å². The van der Waals surface area contributed by atoms with Crippen LogP contribution in [0.5, 0.6) is 5.75 Å². The van der Waals surface area contributed by atoms with Crippen LogP contribution in [-0.2, 0) is 0 Å². The molecule has 0 radical (unpaired) electrons. The first-order chi connectivity index (χ1) is 7.22. The maximum atomic E-state index is 6.04. The molecule has 78 valence electrons. The third-order valence-corrected chi connectivity index (χ3v) is 3.82. The van der Waals surface area contributed by atoms with E-state index in [0.29, 0.717) is 0 Å². The Labute approximate surface area is 98.3 Å². The van der Waals surface area contributed by atoms with E-state index in [4.69, 9.17) is 16.3 Å². The fourth-order valence-corrected chi connectivity index (χ4v) is 2.67. The van der Waals surface area contributed by atoms with Crippen molar-refractivity contribution in [2.45, 2.75) is 6.92 Å². The van der Waals surface area contributed by atoms with Gasteiger partial charge in [0.1, 0.15) is 5.75 Å². The average Bonchev–Trinajstić information content (AvgIpc) is 2.59. The van der Waals surface area contributed by atoms with Crippen molar-refractivity contribution < 1.29 is 4.74 Å². The van der Waals surface area contributed by atoms with E-state index in [1.165, 1.54) is 0 Å². The lowest BCUT2D eigenvalue weighted by Crippen LogP contribution is -1.84. The van der Waals surface area contributed by atoms with E-state index in [9.17, 15) is 0 Å². The number of thiophene rings is 1. The molecule has 0 atom stereocenters. The number of aryl methyl sites for hydroxylation is 1. The average molecular weight is 239 g/mol. The summed E-state index contributed by atoms with van der Waals surface area (Å²) >= 11 is 7.73. The van der Waals surface area contributed by atoms with Crippen molar-refractivity contribution in [3.05, 3.63) is 40.2 Å². The molecule has 0 aliphatic carbocycles. The zero-order valence-electron chi connectivity index (χ0n) is 8.58. The fourth-order valence-electron chi connectivity index (χ4n) is 1.44. The Bertz CT molecular complexity index is 457. The molecule has 0 bridgehead atoms. The molecule has 1 heterocycles. The molecular formula is C12H11ClOS. The normalized spacial score (nSPS) is 10.3. The number of methoxy groups -OCH3 is 1. The Hall–Kier alpha value is -0.990. The maximum Gasteiger partial charge on any atom is 0.127 e. The second-order valence-corrected chi connectivity index (χ2v) is 4.88. The summed E-state index contributed by atoms with van der Waals surface area (Å²) in [6.07, 6.45) is 0. The molecule has 0 saturated heterocycles. The number of ether oxygens (including phenoxy) is 1. The van der Waals surface area contributed by atoms with Crippen molar-refractivity contribution in [2.24, 2.45) is 0 Å². The minimum Gasteiger partial charge on any atom is -0.496 e. The van der Waals surface area contributed by atoms with Crippen LogP contribution in [0, 0.1) is 6.92 Å². The van der Waals surface area contributed by atoms with Crippen molar-refractivity contribution >= 4 is 22.9 Å². The third kappa shape index (κ3) is 2.01. The van der Waals surface area contributed by atoms with E-state index in [0.717, 1.165) is 26.1 Å². The Kier molecular flexibility index (Phi) is 2.98. The van der Waals surface area contributed by atoms with Gasteiger partial charge in [0.2, 0.25) is 0 Å². The standard InChI is InChI=1S/C12H11ClOS/c1-8-10(13)7-12(15-8)9-5-3-4-6-11(9)14-2/h3-7H,1-2H3. The molecule has 0 saturated carbocycles. The van der Waals surface area contributed by atoms with Crippen LogP contribution < -0.4 is 4.74 Å². The van der Waals surface area contributed by atoms with Gasteiger partial charge in [0.15, 0.2) is 0 Å². The molecule has 0 amide bonds. The number of hydrogen-bond donors (Lipinski definition) is 0. The molecule has 1 aromatic carbocycles. The van der Waals surface area contributed by atoms with Gasteiger partial charge in [-0.05, 0) is 25.1 Å². The quantitative estimate of drug-likeness (QED) is 0.754. The lowest BCUT2D eigenvalue weighted by molar-refractivity contribution is 0.416. The molecule has 15 heavy (non-hydrogen) atoms. The van der Waals surface area contributed by atoms with Gasteiger partial charge in [-0.3, -0.25) is 0 Å². The number of para-hydroxylation sites is 1. The molecule has 0 unspecified atom stereocenters. The number of benzene rings is 1. The summed E-state index contributed by atoms with van der Waals surface area (Å²) in [5.74, 6) is 0.885. The molecule has 0 N–H and O–H groups in total. The van der Waals surface area contributed by atoms with Crippen LogP contribution in [0.4, 0.5) is 0 Å². The number of hydrogen-bond acceptors (Lipinski definition) is 2. The first-order valence-corrected chi connectivity index (χ1v) is 5.81. The topological polar surface area (TPSA) is 9.23 Å². The molecule has 1 aromatic heterocycles. The van der Waals surface area contributed by atoms with E-state index in [2.05, 4.69) is 0 Å². The van der Waals surface area contributed by atoms with Crippen LogP contribution in [0.25, 0.3) is 10.4 Å². The van der Waals surface area contributed by atoms with E-state index in [1.54, 1.807) is 18.4 Å². The van der Waals surface area contributed by atoms with Crippen LogP contribution in [0.1, 0.15) is 4.88 Å². The maximum absolute atomic E-state index is 6.04. The summed E-state index contributed by atoms with van der Waals surface area (Å²) in [5.41, 5.74) is 1.10. The van der Waals surface area contributed by atoms with Crippen molar-refractivity contribution in [2.75, 3.05) is 7.11 Å². The number of halogens is 1. The van der Waals surface area contributed by atoms with E-state index in [1.807, 2.05) is 37.3 Å². The van der Waals surface area contributed by atoms with Crippen LogP contribution in [0.3, 0.4) is 0 Å². The van der Waals surface area contributed by atoms with E-state index in [-0.39, 0.29) is 0 Å². The summed E-state index contributed by atoms with van der Waals surface area (Å²) < 4.78 is 5.31. The molecule has 2 rings (SSSR count). The molecule has 0 fully saturated rings. The monoisotopic (exact) mass is 238 g/mol. The summed E-state index contributed by atoms with van der Waals surface area (Å²) in [4.78, 5) is 2.28. The molecule has 0 aliphatic heterocycles. The van der Waals surface area contributed by atoms with E-state index < -0.39 is 0 Å². The largest absolute Gasteiger partial charge is 0.496 e. The molecule has 1 nitrogen and oxygen atoms in total. The summed E-state index contributed by atoms with van der Waals surface area (Å²) in [6.45, 7) is 2.02. The van der Waals surface area contributed by atoms with Crippen molar-refractivity contribution in [1.82, 2.24) is 0 Å². The molecule has 3 heteroatoms. The zero-order valence-corrected chi connectivity index (χ0v) is 10.2. The summed E-state index contributed by atoms with van der Waals surface area (Å²) in [7, 11) is 1.68. The van der Waals surface area contributed by atoms with Gasteiger partial charge < -0.3 is 4.74 Å². The lowest BCUT2D eigenvalue weighted by Gasteiger charge is -2.05. The van der Waals surface area contributed by atoms with Crippen molar-refractivity contribution in [3.8, 4) is 16.2 Å². The Morgan fingerprint density at radius 2 is 2.00 bits per heavy atom. The van der Waals surface area contributed by atoms with Crippen molar-refractivity contribution in [1.29, 1.82) is 0 Å². The highest BCUT2D eigenvalue weighted by Crippen LogP contribution is 2.38. The molecular weight excluding hydrogens is 228 g/mol. The Morgan fingerprint density at radius 3 is 2.60 bits per heavy atom. The van der Waals surface area contributed by atoms with E-state index >= 15 is 0 Å². The van der Waals surface area contributed by atoms with Gasteiger partial charge in [-0.1, -0.05) is 23.7 Å². The van der Waals surface area contributed by atoms with Crippen LogP contribution in [0.2, 0.25) is 5.02 Å². The third-order valence-electron chi connectivity index (χ3n) is 2.23. The number of rotatable bonds is 2. The first kappa shape index (κ1) is 10.5. The SMILES string of the molecule is COc1ccccc1-c1cc(Cl)c(C)s1. The van der Waals surface area contributed by atoms with Gasteiger partial charge in [0.05, 0.1) is 12.1 Å². The van der Waals surface area contributed by atoms with Crippen molar-refractivity contribution in [3.63, 3.8) is 0 Å². The minimum absolute atomic E-state index is 0.820. The molecule has 0 aliphatic rings. The smallest absolute Gasteiger partial charge is 0.127 e. The molecule has 0 spiro atoms. The summed E-state index contributed by atoms with van der Waals surface area (Å²) in [5, 5.41) is 0.820. The minimum atomic E-state index is 0.820. The van der Waals surface area contributed by atoms with Crippen LogP contribution >= 0.6 is 22.9 Å². The Morgan fingerprint density at radius 1 is 1.27 bits per heavy atom. The van der Waals surface area contributed by atoms with Crippen LogP contribution in [-0.4, -0.2) is 7.11 Å². The highest BCUT2D eigenvalue weighted by atomic mass is 35.5. The lowest BCUT2D eigenvalue weighted by atomic mass is 10.1. The highest BCUT2D eigenvalue weighted by molar-refractivity contribution is 7.16. The van der Waals surface area contributed by atoms with Gasteiger partial charge in [0.25, 0.3) is 0 Å². The summed E-state index contributed by atoms with van der Waals surface area (Å²) in [6, 6.07) is 9.95. The second kappa shape index (κ2) is 4.25. The highest BCUT2D eigenvalue weighted by Gasteiger charge is 2.09. The zero-order chi connectivity index (χ0) is 10.8. The Balaban J connectivity index is 2.53. The van der Waals surface area contributed by atoms with Gasteiger partial charge in [0, 0.05) is 15.3 Å². The second-order valence-electron chi connectivity index (χ2n) is 3.22. The predicted molar refractivity (Wildman–Crippen MR) is 66.1 cm³/mol. The van der Waals surface area contributed by atoms with Gasteiger partial charge in [-0.2, -0.15) is 0 Å². The molecule has 2 aromatic rings.